The van der Waals surface area contributed by atoms with E-state index in [1.54, 1.807) is 20.9 Å². The normalized spacial score (nSPS) is 21.4. The van der Waals surface area contributed by atoms with Gasteiger partial charge in [-0.3, -0.25) is 14.3 Å². The Hall–Kier alpha value is -2.93. The van der Waals surface area contributed by atoms with Crippen molar-refractivity contribution in [1.82, 2.24) is 20.0 Å². The molecule has 1 fully saturated rings. The molecular formula is C25H28N4O2S. The number of carbonyl (C=O) groups is 2. The van der Waals surface area contributed by atoms with Crippen LogP contribution in [0.1, 0.15) is 55.1 Å². The summed E-state index contributed by atoms with van der Waals surface area (Å²) < 4.78 is 1.72. The van der Waals surface area contributed by atoms with Crippen molar-refractivity contribution in [1.29, 1.82) is 0 Å². The summed E-state index contributed by atoms with van der Waals surface area (Å²) in [5.41, 5.74) is 1.30. The second-order valence-corrected chi connectivity index (χ2v) is 9.96. The maximum Gasteiger partial charge on any atom is 0.273 e. The summed E-state index contributed by atoms with van der Waals surface area (Å²) in [6.07, 6.45) is 5.52. The molecule has 1 aromatic carbocycles. The third kappa shape index (κ3) is 3.86. The summed E-state index contributed by atoms with van der Waals surface area (Å²) in [6.45, 7) is 2.60. The van der Waals surface area contributed by atoms with Crippen LogP contribution in [-0.2, 0) is 17.9 Å². The third-order valence-electron chi connectivity index (χ3n) is 6.68. The highest BCUT2D eigenvalue weighted by atomic mass is 32.1. The molecule has 1 N–H and O–H groups in total. The van der Waals surface area contributed by atoms with Gasteiger partial charge in [-0.2, -0.15) is 5.10 Å². The van der Waals surface area contributed by atoms with Gasteiger partial charge < -0.3 is 10.2 Å². The molecule has 3 heterocycles. The number of amides is 2. The maximum atomic E-state index is 13.7. The summed E-state index contributed by atoms with van der Waals surface area (Å²) in [5.74, 6) is -0.246. The maximum absolute atomic E-state index is 13.7. The number of hydrogen-bond acceptors (Lipinski definition) is 4. The molecule has 1 aliphatic heterocycles. The number of nitrogens with zero attached hydrogens (tertiary/aromatic N) is 3. The SMILES string of the molecule is C[C@]1(C(=O)NC2CCCCC2)Cn2nc(-c3cccs3)cc2C(=O)N1Cc1ccccc1. The van der Waals surface area contributed by atoms with Crippen molar-refractivity contribution in [2.45, 2.75) is 63.7 Å². The largest absolute Gasteiger partial charge is 0.351 e. The first-order chi connectivity index (χ1) is 15.5. The molecule has 1 atom stereocenters. The van der Waals surface area contributed by atoms with Gasteiger partial charge in [-0.15, -0.1) is 11.3 Å². The summed E-state index contributed by atoms with van der Waals surface area (Å²) in [4.78, 5) is 30.1. The Labute approximate surface area is 192 Å². The molecule has 0 spiro atoms. The fraction of sp³-hybridized carbons (Fsp3) is 0.400. The van der Waals surface area contributed by atoms with Crippen molar-refractivity contribution in [3.8, 4) is 10.6 Å². The van der Waals surface area contributed by atoms with E-state index >= 15 is 0 Å². The van der Waals surface area contributed by atoms with E-state index in [2.05, 4.69) is 5.32 Å². The predicted octanol–water partition coefficient (Wildman–Crippen LogP) is 4.48. The van der Waals surface area contributed by atoms with Gasteiger partial charge in [0, 0.05) is 12.6 Å². The third-order valence-corrected chi connectivity index (χ3v) is 7.58. The molecule has 7 heteroatoms. The summed E-state index contributed by atoms with van der Waals surface area (Å²) in [5, 5.41) is 9.97. The molecule has 1 saturated carbocycles. The minimum absolute atomic E-state index is 0.0903. The van der Waals surface area contributed by atoms with Crippen LogP contribution in [0.25, 0.3) is 10.6 Å². The first kappa shape index (κ1) is 20.9. The van der Waals surface area contributed by atoms with E-state index < -0.39 is 5.54 Å². The molecule has 3 aromatic rings. The van der Waals surface area contributed by atoms with Crippen LogP contribution in [0.3, 0.4) is 0 Å². The smallest absolute Gasteiger partial charge is 0.273 e. The van der Waals surface area contributed by atoms with Crippen LogP contribution in [0.15, 0.2) is 53.9 Å². The molecule has 2 aliphatic rings. The fourth-order valence-electron chi connectivity index (χ4n) is 4.79. The highest BCUT2D eigenvalue weighted by molar-refractivity contribution is 7.13. The molecule has 32 heavy (non-hydrogen) atoms. The lowest BCUT2D eigenvalue weighted by atomic mass is 9.91. The minimum atomic E-state index is -1.02. The Kier molecular flexibility index (Phi) is 5.59. The van der Waals surface area contributed by atoms with E-state index in [1.165, 1.54) is 6.42 Å². The van der Waals surface area contributed by atoms with E-state index in [0.717, 1.165) is 41.8 Å². The van der Waals surface area contributed by atoms with Crippen LogP contribution >= 0.6 is 11.3 Å². The van der Waals surface area contributed by atoms with Gasteiger partial charge >= 0.3 is 0 Å². The fourth-order valence-corrected chi connectivity index (χ4v) is 5.47. The van der Waals surface area contributed by atoms with E-state index in [-0.39, 0.29) is 17.9 Å². The molecule has 0 bridgehead atoms. The van der Waals surface area contributed by atoms with Gasteiger partial charge in [-0.05, 0) is 42.8 Å². The molecule has 2 aromatic heterocycles. The molecule has 166 valence electrons. The van der Waals surface area contributed by atoms with E-state index in [4.69, 9.17) is 5.10 Å². The molecule has 1 aliphatic carbocycles. The number of carbonyl (C=O) groups excluding carboxylic acids is 2. The average Bonchev–Trinajstić information content (AvgIpc) is 3.48. The van der Waals surface area contributed by atoms with Crippen molar-refractivity contribution in [2.75, 3.05) is 0 Å². The Balaban J connectivity index is 1.50. The molecule has 0 saturated heterocycles. The van der Waals surface area contributed by atoms with Crippen molar-refractivity contribution in [3.05, 3.63) is 65.2 Å². The zero-order valence-electron chi connectivity index (χ0n) is 18.3. The molecule has 0 radical (unpaired) electrons. The number of aromatic nitrogens is 2. The number of nitrogens with one attached hydrogen (secondary N) is 1. The Morgan fingerprint density at radius 2 is 1.94 bits per heavy atom. The van der Waals surface area contributed by atoms with Gasteiger partial charge in [0.1, 0.15) is 16.9 Å². The molecule has 0 unspecified atom stereocenters. The van der Waals surface area contributed by atoms with Crippen LogP contribution in [0.5, 0.6) is 0 Å². The van der Waals surface area contributed by atoms with E-state index in [9.17, 15) is 9.59 Å². The van der Waals surface area contributed by atoms with Crippen LogP contribution in [-0.4, -0.2) is 38.1 Å². The minimum Gasteiger partial charge on any atom is -0.351 e. The Morgan fingerprint density at radius 1 is 1.16 bits per heavy atom. The summed E-state index contributed by atoms with van der Waals surface area (Å²) >= 11 is 1.59. The Bertz CT molecular complexity index is 1100. The van der Waals surface area contributed by atoms with Crippen LogP contribution < -0.4 is 5.32 Å². The predicted molar refractivity (Wildman–Crippen MR) is 125 cm³/mol. The first-order valence-electron chi connectivity index (χ1n) is 11.3. The molecular weight excluding hydrogens is 420 g/mol. The zero-order chi connectivity index (χ0) is 22.1. The lowest BCUT2D eigenvalue weighted by Gasteiger charge is -2.44. The van der Waals surface area contributed by atoms with Crippen molar-refractivity contribution >= 4 is 23.2 Å². The van der Waals surface area contributed by atoms with E-state index in [0.29, 0.717) is 18.8 Å². The number of rotatable bonds is 5. The second kappa shape index (κ2) is 8.54. The van der Waals surface area contributed by atoms with Gasteiger partial charge in [-0.1, -0.05) is 55.7 Å². The van der Waals surface area contributed by atoms with Crippen LogP contribution in [0.4, 0.5) is 0 Å². The zero-order valence-corrected chi connectivity index (χ0v) is 19.1. The number of benzene rings is 1. The monoisotopic (exact) mass is 448 g/mol. The standard InChI is InChI=1S/C25H28N4O2S/c1-25(24(31)26-19-11-6-3-7-12-19)17-29-21(15-20(27-29)22-13-8-14-32-22)23(30)28(25)16-18-9-4-2-5-10-18/h2,4-5,8-10,13-15,19H,3,6-7,11-12,16-17H2,1H3,(H,26,31)/t25-/m1/s1. The number of thiophene rings is 1. The Morgan fingerprint density at radius 3 is 2.66 bits per heavy atom. The molecule has 5 rings (SSSR count). The summed E-state index contributed by atoms with van der Waals surface area (Å²) in [7, 11) is 0. The number of fused-ring (bicyclic) bond motifs is 1. The molecule has 6 nitrogen and oxygen atoms in total. The summed E-state index contributed by atoms with van der Waals surface area (Å²) in [6, 6.07) is 15.9. The average molecular weight is 449 g/mol. The van der Waals surface area contributed by atoms with Crippen LogP contribution in [0.2, 0.25) is 0 Å². The van der Waals surface area contributed by atoms with Gasteiger partial charge in [0.05, 0.1) is 11.4 Å². The van der Waals surface area contributed by atoms with Crippen molar-refractivity contribution in [3.63, 3.8) is 0 Å². The van der Waals surface area contributed by atoms with Crippen molar-refractivity contribution < 1.29 is 9.59 Å². The van der Waals surface area contributed by atoms with Crippen LogP contribution in [0, 0.1) is 0 Å². The van der Waals surface area contributed by atoms with Gasteiger partial charge in [0.2, 0.25) is 5.91 Å². The highest BCUT2D eigenvalue weighted by Crippen LogP contribution is 2.33. The van der Waals surface area contributed by atoms with Crippen molar-refractivity contribution in [2.24, 2.45) is 0 Å². The number of hydrogen-bond donors (Lipinski definition) is 1. The first-order valence-corrected chi connectivity index (χ1v) is 12.2. The van der Waals surface area contributed by atoms with Gasteiger partial charge in [-0.25, -0.2) is 0 Å². The van der Waals surface area contributed by atoms with Gasteiger partial charge in [0.25, 0.3) is 5.91 Å². The highest BCUT2D eigenvalue weighted by Gasteiger charge is 2.48. The van der Waals surface area contributed by atoms with E-state index in [1.807, 2.05) is 60.8 Å². The lowest BCUT2D eigenvalue weighted by Crippen LogP contribution is -2.64. The quantitative estimate of drug-likeness (QED) is 0.626. The van der Waals surface area contributed by atoms with Gasteiger partial charge in [0.15, 0.2) is 0 Å². The second-order valence-electron chi connectivity index (χ2n) is 9.01. The molecule has 2 amide bonds. The lowest BCUT2D eigenvalue weighted by molar-refractivity contribution is -0.134. The topological polar surface area (TPSA) is 67.2 Å².